The highest BCUT2D eigenvalue weighted by atomic mass is 35.5. The Labute approximate surface area is 374 Å². The van der Waals surface area contributed by atoms with Gasteiger partial charge in [0.15, 0.2) is 0 Å². The summed E-state index contributed by atoms with van der Waals surface area (Å²) < 4.78 is 24.3. The van der Waals surface area contributed by atoms with Crippen molar-refractivity contribution in [2.45, 2.75) is 79.7 Å². The van der Waals surface area contributed by atoms with Gasteiger partial charge in [-0.1, -0.05) is 60.1 Å². The average Bonchev–Trinajstić information content (AvgIpc) is 3.85. The Morgan fingerprint density at radius 3 is 2.32 bits per heavy atom. The van der Waals surface area contributed by atoms with Crippen LogP contribution in [0.25, 0.3) is 43.8 Å². The van der Waals surface area contributed by atoms with Gasteiger partial charge < -0.3 is 28.2 Å². The fourth-order valence-electron chi connectivity index (χ4n) is 9.08. The van der Waals surface area contributed by atoms with E-state index in [1.165, 1.54) is 12.7 Å². The third kappa shape index (κ3) is 8.94. The number of para-hydroxylation sites is 1. The zero-order valence-electron chi connectivity index (χ0n) is 37.8. The van der Waals surface area contributed by atoms with Crippen LogP contribution in [-0.2, 0) is 47.4 Å². The van der Waals surface area contributed by atoms with E-state index < -0.39 is 5.97 Å². The number of methoxy groups -OCH3 is 1. The number of carbonyl (C=O) groups is 2. The SMILES string of the molecule is COC(=O)c1cccc2c1nc(C)n2CC(=O)N1CCN(CCn2c(COC(C)(C)C)c(CCCOc3cccc4ccccc34)c3ccc(Cl)c(-c4c(C)nn(C)c4C)c32)CC1. The van der Waals surface area contributed by atoms with Gasteiger partial charge >= 0.3 is 5.97 Å². The largest absolute Gasteiger partial charge is 0.493 e. The van der Waals surface area contributed by atoms with Gasteiger partial charge in [0.25, 0.3) is 0 Å². The van der Waals surface area contributed by atoms with Crippen molar-refractivity contribution >= 4 is 56.2 Å². The van der Waals surface area contributed by atoms with Crippen molar-refractivity contribution in [3.63, 3.8) is 0 Å². The quantitative estimate of drug-likeness (QED) is 0.0787. The summed E-state index contributed by atoms with van der Waals surface area (Å²) in [6.45, 7) is 17.6. The van der Waals surface area contributed by atoms with Crippen LogP contribution in [0.5, 0.6) is 5.75 Å². The van der Waals surface area contributed by atoms with E-state index in [1.54, 1.807) is 12.1 Å². The Morgan fingerprint density at radius 2 is 1.59 bits per heavy atom. The van der Waals surface area contributed by atoms with E-state index in [2.05, 4.69) is 85.5 Å². The fourth-order valence-corrected chi connectivity index (χ4v) is 9.33. The molecule has 63 heavy (non-hydrogen) atoms. The summed E-state index contributed by atoms with van der Waals surface area (Å²) in [4.78, 5) is 35.2. The molecule has 12 nitrogen and oxygen atoms in total. The molecule has 1 aliphatic rings. The molecule has 4 heterocycles. The van der Waals surface area contributed by atoms with Crippen LogP contribution in [-0.4, -0.2) is 97.6 Å². The van der Waals surface area contributed by atoms with Gasteiger partial charge in [0.1, 0.15) is 23.6 Å². The van der Waals surface area contributed by atoms with Gasteiger partial charge in [0.05, 0.1) is 53.2 Å². The minimum Gasteiger partial charge on any atom is -0.493 e. The standard InChI is InChI=1S/C50H58ClN7O5/c1-32-45(33(2)54(7)53-32)46-40(51)22-21-38-37(18-13-29-62-43-20-11-15-35-14-9-10-16-36(35)43)42(31-63-50(4,5)6)57(48(38)46)28-25-55-23-26-56(27-24-55)44(59)30-58-34(3)52-47-39(49(60)61-8)17-12-19-41(47)58/h9-12,14-17,19-22H,13,18,23-31H2,1-8H3. The summed E-state index contributed by atoms with van der Waals surface area (Å²) in [6, 6.07) is 24.1. The number of benzene rings is 4. The maximum absolute atomic E-state index is 13.8. The van der Waals surface area contributed by atoms with Crippen LogP contribution < -0.4 is 4.74 Å². The average molecular weight is 873 g/mol. The Hall–Kier alpha value is -5.69. The van der Waals surface area contributed by atoms with Crippen LogP contribution in [0.1, 0.15) is 66.0 Å². The predicted octanol–water partition coefficient (Wildman–Crippen LogP) is 9.08. The molecule has 0 radical (unpaired) electrons. The number of aromatic nitrogens is 5. The van der Waals surface area contributed by atoms with E-state index in [4.69, 9.17) is 30.9 Å². The first-order chi connectivity index (χ1) is 30.2. The number of piperazine rings is 1. The van der Waals surface area contributed by atoms with Gasteiger partial charge in [-0.15, -0.1) is 0 Å². The monoisotopic (exact) mass is 871 g/mol. The first-order valence-electron chi connectivity index (χ1n) is 21.9. The van der Waals surface area contributed by atoms with Crippen molar-refractivity contribution < 1.29 is 23.8 Å². The number of ether oxygens (including phenoxy) is 3. The van der Waals surface area contributed by atoms with Gasteiger partial charge in [-0.25, -0.2) is 9.78 Å². The third-order valence-corrected chi connectivity index (χ3v) is 12.7. The molecule has 0 aliphatic carbocycles. The first-order valence-corrected chi connectivity index (χ1v) is 22.2. The molecule has 0 atom stereocenters. The lowest BCUT2D eigenvalue weighted by atomic mass is 9.98. The first kappa shape index (κ1) is 43.9. The number of imidazole rings is 1. The smallest absolute Gasteiger partial charge is 0.340 e. The molecule has 0 spiro atoms. The zero-order valence-corrected chi connectivity index (χ0v) is 38.5. The van der Waals surface area contributed by atoms with Crippen molar-refractivity contribution in [3.8, 4) is 16.9 Å². The number of amides is 1. The molecule has 1 amide bonds. The Bertz CT molecular complexity index is 2820. The van der Waals surface area contributed by atoms with Crippen molar-refractivity contribution in [1.29, 1.82) is 0 Å². The molecule has 1 fully saturated rings. The lowest BCUT2D eigenvalue weighted by molar-refractivity contribution is -0.133. The number of halogens is 1. The summed E-state index contributed by atoms with van der Waals surface area (Å²) >= 11 is 7.26. The Morgan fingerprint density at radius 1 is 0.841 bits per heavy atom. The lowest BCUT2D eigenvalue weighted by Crippen LogP contribution is -2.50. The number of fused-ring (bicyclic) bond motifs is 3. The second kappa shape index (κ2) is 18.2. The number of aryl methyl sites for hydroxylation is 4. The number of carbonyl (C=O) groups excluding carboxylic acids is 2. The van der Waals surface area contributed by atoms with E-state index in [-0.39, 0.29) is 18.1 Å². The van der Waals surface area contributed by atoms with Gasteiger partial charge in [-0.2, -0.15) is 5.10 Å². The summed E-state index contributed by atoms with van der Waals surface area (Å²) in [5.41, 5.74) is 8.80. The molecule has 0 unspecified atom stereocenters. The minimum atomic E-state index is -0.449. The van der Waals surface area contributed by atoms with Crippen molar-refractivity contribution in [1.82, 2.24) is 33.7 Å². The molecule has 1 aliphatic heterocycles. The van der Waals surface area contributed by atoms with E-state index >= 15 is 0 Å². The zero-order chi connectivity index (χ0) is 44.6. The van der Waals surface area contributed by atoms with E-state index in [0.29, 0.717) is 54.8 Å². The van der Waals surface area contributed by atoms with Crippen LogP contribution in [0.3, 0.4) is 0 Å². The number of nitrogens with zero attached hydrogens (tertiary/aromatic N) is 7. The van der Waals surface area contributed by atoms with E-state index in [9.17, 15) is 9.59 Å². The molecule has 0 bridgehead atoms. The van der Waals surface area contributed by atoms with Crippen LogP contribution in [0.2, 0.25) is 5.02 Å². The normalized spacial score (nSPS) is 13.8. The summed E-state index contributed by atoms with van der Waals surface area (Å²) in [5.74, 6) is 1.14. The number of hydrogen-bond acceptors (Lipinski definition) is 8. The molecular formula is C50H58ClN7O5. The maximum Gasteiger partial charge on any atom is 0.340 e. The highest BCUT2D eigenvalue weighted by Crippen LogP contribution is 2.42. The molecule has 1 saturated heterocycles. The number of esters is 1. The molecule has 7 aromatic rings. The molecule has 0 N–H and O–H groups in total. The number of rotatable bonds is 14. The Kier molecular flexibility index (Phi) is 12.7. The second-order valence-electron chi connectivity index (χ2n) is 17.5. The van der Waals surface area contributed by atoms with Crippen LogP contribution in [0, 0.1) is 20.8 Å². The molecular weight excluding hydrogens is 814 g/mol. The summed E-state index contributed by atoms with van der Waals surface area (Å²) in [6.07, 6.45) is 1.60. The van der Waals surface area contributed by atoms with Crippen LogP contribution in [0.15, 0.2) is 72.8 Å². The Balaban J connectivity index is 1.06. The minimum absolute atomic E-state index is 0.0223. The topological polar surface area (TPSA) is 109 Å². The van der Waals surface area contributed by atoms with Crippen molar-refractivity contribution in [2.75, 3.05) is 46.4 Å². The molecule has 8 rings (SSSR count). The summed E-state index contributed by atoms with van der Waals surface area (Å²) in [7, 11) is 3.34. The van der Waals surface area contributed by atoms with Crippen LogP contribution in [0.4, 0.5) is 0 Å². The molecule has 330 valence electrons. The lowest BCUT2D eigenvalue weighted by Gasteiger charge is -2.35. The van der Waals surface area contributed by atoms with Gasteiger partial charge in [-0.05, 0) is 89.6 Å². The molecule has 3 aromatic heterocycles. The molecule has 4 aromatic carbocycles. The highest BCUT2D eigenvalue weighted by Gasteiger charge is 2.28. The van der Waals surface area contributed by atoms with E-state index in [0.717, 1.165) is 93.6 Å². The van der Waals surface area contributed by atoms with Crippen molar-refractivity contribution in [3.05, 3.63) is 112 Å². The van der Waals surface area contributed by atoms with Gasteiger partial charge in [-0.3, -0.25) is 14.4 Å². The maximum atomic E-state index is 13.8. The van der Waals surface area contributed by atoms with Gasteiger partial charge in [0, 0.05) is 79.6 Å². The fraction of sp³-hybridized carbons (Fsp3) is 0.400. The highest BCUT2D eigenvalue weighted by molar-refractivity contribution is 6.35. The number of hydrogen-bond donors (Lipinski definition) is 0. The predicted molar refractivity (Wildman–Crippen MR) is 250 cm³/mol. The second-order valence-corrected chi connectivity index (χ2v) is 17.9. The summed E-state index contributed by atoms with van der Waals surface area (Å²) in [5, 5.41) is 8.93. The molecule has 13 heteroatoms. The molecule has 0 saturated carbocycles. The van der Waals surface area contributed by atoms with Gasteiger partial charge in [0.2, 0.25) is 5.91 Å². The van der Waals surface area contributed by atoms with Crippen LogP contribution >= 0.6 is 11.6 Å². The van der Waals surface area contributed by atoms with E-state index in [1.807, 2.05) is 52.4 Å². The van der Waals surface area contributed by atoms with Crippen molar-refractivity contribution in [2.24, 2.45) is 7.05 Å². The third-order valence-electron chi connectivity index (χ3n) is 12.4.